The highest BCUT2D eigenvalue weighted by molar-refractivity contribution is 5.46. The van der Waals surface area contributed by atoms with E-state index >= 15 is 0 Å². The summed E-state index contributed by atoms with van der Waals surface area (Å²) < 4.78 is 1.75. The summed E-state index contributed by atoms with van der Waals surface area (Å²) in [6, 6.07) is 2.54. The van der Waals surface area contributed by atoms with Crippen molar-refractivity contribution in [3.8, 4) is 0 Å². The van der Waals surface area contributed by atoms with E-state index in [1.54, 1.807) is 4.52 Å². The molecule has 1 saturated carbocycles. The fourth-order valence-electron chi connectivity index (χ4n) is 1.93. The van der Waals surface area contributed by atoms with Crippen LogP contribution in [0.3, 0.4) is 0 Å². The Bertz CT molecular complexity index is 542. The van der Waals surface area contributed by atoms with Gasteiger partial charge >= 0.3 is 0 Å². The van der Waals surface area contributed by atoms with E-state index in [4.69, 9.17) is 0 Å². The van der Waals surface area contributed by atoms with Crippen LogP contribution in [0, 0.1) is 12.3 Å². The number of anilines is 1. The molecule has 5 nitrogen and oxygen atoms in total. The zero-order valence-corrected chi connectivity index (χ0v) is 9.73. The summed E-state index contributed by atoms with van der Waals surface area (Å²) in [4.78, 5) is 8.41. The molecule has 1 atom stereocenters. The average molecular weight is 217 g/mol. The quantitative estimate of drug-likeness (QED) is 0.831. The lowest BCUT2D eigenvalue weighted by molar-refractivity contribution is 0.628. The van der Waals surface area contributed by atoms with Crippen molar-refractivity contribution in [1.82, 2.24) is 19.6 Å². The maximum atomic E-state index is 4.31. The highest BCUT2D eigenvalue weighted by atomic mass is 15.4. The largest absolute Gasteiger partial charge is 0.367 e. The topological polar surface area (TPSA) is 55.1 Å². The van der Waals surface area contributed by atoms with Gasteiger partial charge in [0.15, 0.2) is 0 Å². The van der Waals surface area contributed by atoms with E-state index in [9.17, 15) is 0 Å². The van der Waals surface area contributed by atoms with Crippen molar-refractivity contribution in [2.75, 3.05) is 5.32 Å². The lowest BCUT2D eigenvalue weighted by atomic mass is 10.2. The number of aryl methyl sites for hydroxylation is 1. The maximum absolute atomic E-state index is 4.31. The molecule has 1 aliphatic rings. The predicted molar refractivity (Wildman–Crippen MR) is 61.3 cm³/mol. The fraction of sp³-hybridized carbons (Fsp3) is 0.545. The molecule has 3 rings (SSSR count). The molecule has 5 heteroatoms. The van der Waals surface area contributed by atoms with Crippen LogP contribution in [0.15, 0.2) is 12.4 Å². The number of fused-ring (bicyclic) bond motifs is 1. The summed E-state index contributed by atoms with van der Waals surface area (Å²) in [6.07, 6.45) is 2.73. The smallest absolute Gasteiger partial charge is 0.254 e. The fourth-order valence-corrected chi connectivity index (χ4v) is 1.93. The van der Waals surface area contributed by atoms with Gasteiger partial charge in [-0.1, -0.05) is 13.8 Å². The lowest BCUT2D eigenvalue weighted by Gasteiger charge is -2.09. The highest BCUT2D eigenvalue weighted by Gasteiger charge is 2.46. The third kappa shape index (κ3) is 1.43. The van der Waals surface area contributed by atoms with Gasteiger partial charge in [0, 0.05) is 17.8 Å². The third-order valence-corrected chi connectivity index (χ3v) is 3.22. The second kappa shape index (κ2) is 2.93. The van der Waals surface area contributed by atoms with Crippen LogP contribution in [0.25, 0.3) is 5.78 Å². The number of nitrogens with zero attached hydrogens (tertiary/aromatic N) is 4. The van der Waals surface area contributed by atoms with Crippen molar-refractivity contribution >= 4 is 11.6 Å². The van der Waals surface area contributed by atoms with E-state index in [1.807, 2.05) is 13.0 Å². The number of nitrogens with one attached hydrogen (secondary N) is 1. The number of hydrogen-bond acceptors (Lipinski definition) is 4. The van der Waals surface area contributed by atoms with E-state index in [0.717, 1.165) is 11.5 Å². The molecule has 1 aliphatic carbocycles. The average Bonchev–Trinajstić information content (AvgIpc) is 2.63. The van der Waals surface area contributed by atoms with Crippen molar-refractivity contribution in [2.45, 2.75) is 33.2 Å². The van der Waals surface area contributed by atoms with Crippen molar-refractivity contribution < 1.29 is 0 Å². The van der Waals surface area contributed by atoms with Gasteiger partial charge in [-0.25, -0.2) is 4.98 Å². The van der Waals surface area contributed by atoms with Crippen molar-refractivity contribution in [3.05, 3.63) is 18.1 Å². The van der Waals surface area contributed by atoms with E-state index in [0.29, 0.717) is 17.2 Å². The molecule has 0 bridgehead atoms. The summed E-state index contributed by atoms with van der Waals surface area (Å²) in [5.41, 5.74) is 1.35. The first-order valence-corrected chi connectivity index (χ1v) is 5.50. The first-order chi connectivity index (χ1) is 7.56. The molecule has 0 saturated heterocycles. The molecule has 2 aromatic rings. The van der Waals surface area contributed by atoms with Crippen molar-refractivity contribution in [1.29, 1.82) is 0 Å². The van der Waals surface area contributed by atoms with Gasteiger partial charge in [-0.3, -0.25) is 0 Å². The molecular formula is C11H15N5. The lowest BCUT2D eigenvalue weighted by Crippen LogP contribution is -2.12. The molecule has 1 fully saturated rings. The van der Waals surface area contributed by atoms with Crippen LogP contribution in [0.5, 0.6) is 0 Å². The standard InChI is InChI=1S/C11H15N5/c1-7-4-9(15-8-5-11(8,2)3)16-10(14-7)12-6-13-16/h4,6,8,15H,5H2,1-3H3. The van der Waals surface area contributed by atoms with Crippen LogP contribution in [0.1, 0.15) is 26.0 Å². The molecule has 0 amide bonds. The molecular weight excluding hydrogens is 202 g/mol. The minimum atomic E-state index is 0.393. The van der Waals surface area contributed by atoms with Crippen molar-refractivity contribution in [3.63, 3.8) is 0 Å². The molecule has 2 aromatic heterocycles. The molecule has 1 N–H and O–H groups in total. The van der Waals surface area contributed by atoms with Gasteiger partial charge in [0.05, 0.1) is 0 Å². The Hall–Kier alpha value is -1.65. The molecule has 84 valence electrons. The Labute approximate surface area is 93.9 Å². The van der Waals surface area contributed by atoms with Gasteiger partial charge in [0.25, 0.3) is 5.78 Å². The second-order valence-electron chi connectivity index (χ2n) is 5.14. The summed E-state index contributed by atoms with van der Waals surface area (Å²) in [5.74, 6) is 1.64. The van der Waals surface area contributed by atoms with E-state index in [-0.39, 0.29) is 0 Å². The van der Waals surface area contributed by atoms with Gasteiger partial charge in [-0.2, -0.15) is 14.6 Å². The van der Waals surface area contributed by atoms with E-state index in [2.05, 4.69) is 34.2 Å². The third-order valence-electron chi connectivity index (χ3n) is 3.22. The van der Waals surface area contributed by atoms with Crippen LogP contribution in [-0.2, 0) is 0 Å². The first-order valence-electron chi connectivity index (χ1n) is 5.50. The van der Waals surface area contributed by atoms with Gasteiger partial charge in [-0.05, 0) is 18.8 Å². The van der Waals surface area contributed by atoms with Crippen LogP contribution < -0.4 is 5.32 Å². The van der Waals surface area contributed by atoms with E-state index in [1.165, 1.54) is 12.7 Å². The summed E-state index contributed by atoms with van der Waals surface area (Å²) in [7, 11) is 0. The molecule has 2 heterocycles. The SMILES string of the molecule is Cc1cc(NC2CC2(C)C)n2ncnc2n1. The Balaban J connectivity index is 1.99. The first kappa shape index (κ1) is 9.57. The van der Waals surface area contributed by atoms with Gasteiger partial charge in [0.1, 0.15) is 12.1 Å². The number of aromatic nitrogens is 4. The summed E-state index contributed by atoms with van der Waals surface area (Å²) in [6.45, 7) is 6.49. The van der Waals surface area contributed by atoms with Crippen LogP contribution in [-0.4, -0.2) is 25.6 Å². The van der Waals surface area contributed by atoms with Crippen LogP contribution in [0.2, 0.25) is 0 Å². The summed E-state index contributed by atoms with van der Waals surface area (Å²) in [5, 5.41) is 7.67. The monoisotopic (exact) mass is 217 g/mol. The van der Waals surface area contributed by atoms with E-state index < -0.39 is 0 Å². The zero-order valence-electron chi connectivity index (χ0n) is 9.73. The maximum Gasteiger partial charge on any atom is 0.254 e. The molecule has 0 radical (unpaired) electrons. The Kier molecular flexibility index (Phi) is 1.75. The Morgan fingerprint density at radius 2 is 2.25 bits per heavy atom. The summed E-state index contributed by atoms with van der Waals surface area (Å²) >= 11 is 0. The minimum Gasteiger partial charge on any atom is -0.367 e. The van der Waals surface area contributed by atoms with Crippen LogP contribution >= 0.6 is 0 Å². The minimum absolute atomic E-state index is 0.393. The number of hydrogen-bond donors (Lipinski definition) is 1. The zero-order chi connectivity index (χ0) is 11.3. The molecule has 16 heavy (non-hydrogen) atoms. The highest BCUT2D eigenvalue weighted by Crippen LogP contribution is 2.46. The number of rotatable bonds is 2. The predicted octanol–water partition coefficient (Wildman–Crippen LogP) is 1.64. The van der Waals surface area contributed by atoms with Crippen molar-refractivity contribution in [2.24, 2.45) is 5.41 Å². The van der Waals surface area contributed by atoms with Gasteiger partial charge in [0.2, 0.25) is 0 Å². The molecule has 0 aliphatic heterocycles. The second-order valence-corrected chi connectivity index (χ2v) is 5.14. The Morgan fingerprint density at radius 1 is 1.50 bits per heavy atom. The molecule has 0 spiro atoms. The molecule has 0 aromatic carbocycles. The molecule has 1 unspecified atom stereocenters. The normalized spacial score (nSPS) is 22.3. The Morgan fingerprint density at radius 3 is 2.94 bits per heavy atom. The van der Waals surface area contributed by atoms with Gasteiger partial charge in [-0.15, -0.1) is 0 Å². The van der Waals surface area contributed by atoms with Gasteiger partial charge < -0.3 is 5.32 Å². The van der Waals surface area contributed by atoms with Crippen LogP contribution in [0.4, 0.5) is 5.82 Å².